The van der Waals surface area contributed by atoms with E-state index >= 15 is 0 Å². The molecule has 1 aliphatic carbocycles. The first-order valence-corrected chi connectivity index (χ1v) is 7.17. The lowest BCUT2D eigenvalue weighted by Crippen LogP contribution is -2.47. The maximum Gasteiger partial charge on any atom is 0.0314 e. The maximum atomic E-state index is 2.66. The molecule has 0 spiro atoms. The highest BCUT2D eigenvalue weighted by Crippen LogP contribution is 2.27. The Morgan fingerprint density at radius 1 is 1.17 bits per heavy atom. The zero-order valence-corrected chi connectivity index (χ0v) is 12.1. The van der Waals surface area contributed by atoms with Crippen molar-refractivity contribution in [1.82, 2.24) is 14.7 Å². The van der Waals surface area contributed by atoms with Gasteiger partial charge in [0, 0.05) is 58.6 Å². The van der Waals surface area contributed by atoms with Crippen molar-refractivity contribution >= 4 is 0 Å². The van der Waals surface area contributed by atoms with Gasteiger partial charge in [0.15, 0.2) is 0 Å². The molecule has 0 aromatic rings. The maximum absolute atomic E-state index is 2.66. The van der Waals surface area contributed by atoms with Crippen molar-refractivity contribution in [3.8, 4) is 0 Å². The first kappa shape index (κ1) is 13.6. The molecule has 3 nitrogen and oxygen atoms in total. The molecule has 3 heteroatoms. The van der Waals surface area contributed by atoms with Crippen molar-refractivity contribution in [3.63, 3.8) is 0 Å². The SMILES string of the molecule is CC=C(C=CCN1CCN(C2CC2)CC1)N(C)C. The molecule has 0 bridgehead atoms. The monoisotopic (exact) mass is 249 g/mol. The van der Waals surface area contributed by atoms with E-state index in [9.17, 15) is 0 Å². The third-order valence-electron chi connectivity index (χ3n) is 3.93. The lowest BCUT2D eigenvalue weighted by atomic mass is 10.3. The van der Waals surface area contributed by atoms with Crippen molar-refractivity contribution in [2.75, 3.05) is 46.8 Å². The molecule has 0 aromatic carbocycles. The average molecular weight is 249 g/mol. The second kappa shape index (κ2) is 6.39. The minimum Gasteiger partial charge on any atom is -0.378 e. The summed E-state index contributed by atoms with van der Waals surface area (Å²) in [6, 6.07) is 0.936. The Morgan fingerprint density at radius 3 is 2.33 bits per heavy atom. The van der Waals surface area contributed by atoms with E-state index in [4.69, 9.17) is 0 Å². The van der Waals surface area contributed by atoms with Gasteiger partial charge in [0.25, 0.3) is 0 Å². The number of piperazine rings is 1. The van der Waals surface area contributed by atoms with Gasteiger partial charge in [0.05, 0.1) is 0 Å². The van der Waals surface area contributed by atoms with Crippen molar-refractivity contribution in [2.24, 2.45) is 0 Å². The fourth-order valence-corrected chi connectivity index (χ4v) is 2.58. The number of rotatable bonds is 5. The topological polar surface area (TPSA) is 9.72 Å². The minimum atomic E-state index is 0.936. The summed E-state index contributed by atoms with van der Waals surface area (Å²) in [6.07, 6.45) is 9.55. The van der Waals surface area contributed by atoms with E-state index in [-0.39, 0.29) is 0 Å². The van der Waals surface area contributed by atoms with Crippen LogP contribution >= 0.6 is 0 Å². The van der Waals surface area contributed by atoms with Crippen molar-refractivity contribution in [2.45, 2.75) is 25.8 Å². The normalized spacial score (nSPS) is 23.8. The molecule has 0 radical (unpaired) electrons. The molecular formula is C15H27N3. The number of allylic oxidation sites excluding steroid dienone is 2. The second-order valence-corrected chi connectivity index (χ2v) is 5.58. The Morgan fingerprint density at radius 2 is 1.83 bits per heavy atom. The number of hydrogen-bond acceptors (Lipinski definition) is 3. The molecule has 1 heterocycles. The fourth-order valence-electron chi connectivity index (χ4n) is 2.58. The predicted octanol–water partition coefficient (Wildman–Crippen LogP) is 1.79. The first-order valence-electron chi connectivity index (χ1n) is 7.17. The van der Waals surface area contributed by atoms with Crippen molar-refractivity contribution < 1.29 is 0 Å². The summed E-state index contributed by atoms with van der Waals surface area (Å²) in [5.74, 6) is 0. The minimum absolute atomic E-state index is 0.936. The number of nitrogens with zero attached hydrogens (tertiary/aromatic N) is 3. The summed E-state index contributed by atoms with van der Waals surface area (Å²) in [6.45, 7) is 8.17. The number of likely N-dealkylation sites (N-methyl/N-ethyl adjacent to an activating group) is 1. The van der Waals surface area contributed by atoms with E-state index in [2.05, 4.69) is 53.9 Å². The molecule has 1 saturated carbocycles. The molecule has 2 fully saturated rings. The van der Waals surface area contributed by atoms with Crippen molar-refractivity contribution in [1.29, 1.82) is 0 Å². The van der Waals surface area contributed by atoms with Gasteiger partial charge >= 0.3 is 0 Å². The van der Waals surface area contributed by atoms with Gasteiger partial charge in [0.1, 0.15) is 0 Å². The third-order valence-corrected chi connectivity index (χ3v) is 3.93. The molecule has 0 unspecified atom stereocenters. The predicted molar refractivity (Wildman–Crippen MR) is 77.6 cm³/mol. The van der Waals surface area contributed by atoms with Crippen molar-refractivity contribution in [3.05, 3.63) is 23.9 Å². The fraction of sp³-hybridized carbons (Fsp3) is 0.733. The van der Waals surface area contributed by atoms with Crippen LogP contribution in [0.2, 0.25) is 0 Å². The Hall–Kier alpha value is -0.800. The highest BCUT2D eigenvalue weighted by atomic mass is 15.3. The molecule has 102 valence electrons. The van der Waals surface area contributed by atoms with Crippen LogP contribution in [-0.4, -0.2) is 67.6 Å². The summed E-state index contributed by atoms with van der Waals surface area (Å²) in [4.78, 5) is 7.37. The molecule has 1 saturated heterocycles. The van der Waals surface area contributed by atoms with Crippen LogP contribution in [0.25, 0.3) is 0 Å². The average Bonchev–Trinajstić information content (AvgIpc) is 3.19. The Balaban J connectivity index is 1.69. The summed E-state index contributed by atoms with van der Waals surface area (Å²) < 4.78 is 0. The van der Waals surface area contributed by atoms with Gasteiger partial charge in [-0.15, -0.1) is 0 Å². The highest BCUT2D eigenvalue weighted by molar-refractivity contribution is 5.16. The second-order valence-electron chi connectivity index (χ2n) is 5.58. The molecule has 2 rings (SSSR count). The third kappa shape index (κ3) is 3.85. The van der Waals surface area contributed by atoms with Crippen LogP contribution in [0.15, 0.2) is 23.9 Å². The summed E-state index contributed by atoms with van der Waals surface area (Å²) in [5, 5.41) is 0. The van der Waals surface area contributed by atoms with E-state index in [1.807, 2.05) is 0 Å². The molecule has 2 aliphatic rings. The van der Waals surface area contributed by atoms with E-state index in [0.29, 0.717) is 0 Å². The van der Waals surface area contributed by atoms with Crippen LogP contribution in [0.4, 0.5) is 0 Å². The van der Waals surface area contributed by atoms with E-state index in [1.54, 1.807) is 0 Å². The van der Waals surface area contributed by atoms with Crippen LogP contribution in [-0.2, 0) is 0 Å². The Labute approximate surface area is 112 Å². The smallest absolute Gasteiger partial charge is 0.0314 e. The van der Waals surface area contributed by atoms with Gasteiger partial charge < -0.3 is 4.90 Å². The van der Waals surface area contributed by atoms with Gasteiger partial charge in [-0.3, -0.25) is 9.80 Å². The Kier molecular flexibility index (Phi) is 4.84. The van der Waals surface area contributed by atoms with Crippen LogP contribution in [0, 0.1) is 0 Å². The molecule has 0 amide bonds. The summed E-state index contributed by atoms with van der Waals surface area (Å²) in [7, 11) is 4.18. The first-order chi connectivity index (χ1) is 8.70. The molecular weight excluding hydrogens is 222 g/mol. The van der Waals surface area contributed by atoms with Gasteiger partial charge in [0.2, 0.25) is 0 Å². The van der Waals surface area contributed by atoms with Gasteiger partial charge in [-0.25, -0.2) is 0 Å². The zero-order valence-electron chi connectivity index (χ0n) is 12.1. The lowest BCUT2D eigenvalue weighted by molar-refractivity contribution is 0.136. The Bertz CT molecular complexity index is 308. The van der Waals surface area contributed by atoms with E-state index < -0.39 is 0 Å². The van der Waals surface area contributed by atoms with Crippen LogP contribution in [0.5, 0.6) is 0 Å². The molecule has 0 aromatic heterocycles. The van der Waals surface area contributed by atoms with Crippen LogP contribution in [0.1, 0.15) is 19.8 Å². The highest BCUT2D eigenvalue weighted by Gasteiger charge is 2.30. The van der Waals surface area contributed by atoms with Crippen LogP contribution in [0.3, 0.4) is 0 Å². The van der Waals surface area contributed by atoms with E-state index in [1.165, 1.54) is 44.7 Å². The zero-order chi connectivity index (χ0) is 13.0. The summed E-state index contributed by atoms with van der Waals surface area (Å²) in [5.41, 5.74) is 1.28. The van der Waals surface area contributed by atoms with Crippen LogP contribution < -0.4 is 0 Å². The van der Waals surface area contributed by atoms with E-state index in [0.717, 1.165) is 12.6 Å². The largest absolute Gasteiger partial charge is 0.378 e. The molecule has 18 heavy (non-hydrogen) atoms. The standard InChI is InChI=1S/C15H27N3/c1-4-14(16(2)3)6-5-9-17-10-12-18(13-11-17)15-7-8-15/h4-6,15H,7-13H2,1-3H3. The van der Waals surface area contributed by atoms with Gasteiger partial charge in [-0.1, -0.05) is 12.2 Å². The quantitative estimate of drug-likeness (QED) is 0.688. The van der Waals surface area contributed by atoms with Gasteiger partial charge in [-0.05, 0) is 25.8 Å². The lowest BCUT2D eigenvalue weighted by Gasteiger charge is -2.34. The number of hydrogen-bond donors (Lipinski definition) is 0. The van der Waals surface area contributed by atoms with Gasteiger partial charge in [-0.2, -0.15) is 0 Å². The molecule has 0 atom stereocenters. The molecule has 1 aliphatic heterocycles. The summed E-state index contributed by atoms with van der Waals surface area (Å²) >= 11 is 0. The molecule has 0 N–H and O–H groups in total.